The van der Waals surface area contributed by atoms with E-state index in [-0.39, 0.29) is 18.3 Å². The van der Waals surface area contributed by atoms with Gasteiger partial charge in [-0.2, -0.15) is 0 Å². The Kier molecular flexibility index (Phi) is 5.68. The zero-order valence-electron chi connectivity index (χ0n) is 13.5. The van der Waals surface area contributed by atoms with Crippen LogP contribution in [0.2, 0.25) is 5.02 Å². The van der Waals surface area contributed by atoms with Crippen molar-refractivity contribution >= 4 is 35.0 Å². The van der Waals surface area contributed by atoms with Crippen molar-refractivity contribution in [3.63, 3.8) is 0 Å². The van der Waals surface area contributed by atoms with E-state index in [4.69, 9.17) is 20.8 Å². The zero-order chi connectivity index (χ0) is 17.6. The van der Waals surface area contributed by atoms with Gasteiger partial charge in [0.25, 0.3) is 5.91 Å². The first kappa shape index (κ1) is 17.5. The summed E-state index contributed by atoms with van der Waals surface area (Å²) in [5.74, 6) is 1.20. The highest BCUT2D eigenvalue weighted by molar-refractivity contribution is 7.98. The van der Waals surface area contributed by atoms with Crippen molar-refractivity contribution in [3.05, 3.63) is 77.2 Å². The fourth-order valence-electron chi connectivity index (χ4n) is 2.19. The van der Waals surface area contributed by atoms with Crippen molar-refractivity contribution in [2.45, 2.75) is 11.5 Å². The molecule has 1 aromatic heterocycles. The molecular formula is C19H16ClNO3S. The molecule has 0 radical (unpaired) electrons. The highest BCUT2D eigenvalue weighted by atomic mass is 35.5. The molecule has 0 spiro atoms. The monoisotopic (exact) mass is 373 g/mol. The second-order valence-corrected chi connectivity index (χ2v) is 6.45. The van der Waals surface area contributed by atoms with Crippen LogP contribution in [0.1, 0.15) is 16.3 Å². The van der Waals surface area contributed by atoms with Gasteiger partial charge in [0.05, 0.1) is 5.69 Å². The van der Waals surface area contributed by atoms with E-state index in [1.54, 1.807) is 48.2 Å². The first-order valence-corrected chi connectivity index (χ1v) is 9.17. The summed E-state index contributed by atoms with van der Waals surface area (Å²) in [6, 6.07) is 18.0. The summed E-state index contributed by atoms with van der Waals surface area (Å²) in [5.41, 5.74) is 0.760. The van der Waals surface area contributed by atoms with Gasteiger partial charge in [-0.15, -0.1) is 11.8 Å². The molecule has 4 nitrogen and oxygen atoms in total. The van der Waals surface area contributed by atoms with Crippen molar-refractivity contribution in [1.82, 2.24) is 0 Å². The van der Waals surface area contributed by atoms with Crippen LogP contribution in [-0.4, -0.2) is 12.2 Å². The minimum absolute atomic E-state index is 0.232. The molecule has 0 bridgehead atoms. The minimum atomic E-state index is -0.292. The van der Waals surface area contributed by atoms with Crippen LogP contribution in [0.25, 0.3) is 0 Å². The molecule has 1 heterocycles. The van der Waals surface area contributed by atoms with E-state index in [0.29, 0.717) is 16.5 Å². The van der Waals surface area contributed by atoms with Gasteiger partial charge >= 0.3 is 0 Å². The van der Waals surface area contributed by atoms with Crippen molar-refractivity contribution < 1.29 is 13.9 Å². The highest BCUT2D eigenvalue weighted by Gasteiger charge is 2.13. The van der Waals surface area contributed by atoms with E-state index in [1.165, 1.54) is 0 Å². The van der Waals surface area contributed by atoms with Gasteiger partial charge in [0.15, 0.2) is 5.76 Å². The Morgan fingerprint density at radius 3 is 2.64 bits per heavy atom. The Bertz CT molecular complexity index is 861. The number of ether oxygens (including phenoxy) is 1. The van der Waals surface area contributed by atoms with Gasteiger partial charge in [-0.25, -0.2) is 0 Å². The second kappa shape index (κ2) is 8.14. The molecule has 0 saturated heterocycles. The number of thioether (sulfide) groups is 1. The van der Waals surface area contributed by atoms with Gasteiger partial charge in [-0.05, 0) is 54.8 Å². The molecule has 0 saturated carbocycles. The quantitative estimate of drug-likeness (QED) is 0.581. The molecular weight excluding hydrogens is 358 g/mol. The summed E-state index contributed by atoms with van der Waals surface area (Å²) in [7, 11) is 0. The van der Waals surface area contributed by atoms with Crippen LogP contribution in [0.3, 0.4) is 0 Å². The molecule has 3 aromatic rings. The average Bonchev–Trinajstić information content (AvgIpc) is 3.11. The van der Waals surface area contributed by atoms with Crippen LogP contribution in [0.15, 0.2) is 70.0 Å². The molecule has 0 aliphatic carbocycles. The third-order valence-electron chi connectivity index (χ3n) is 3.44. The van der Waals surface area contributed by atoms with E-state index in [0.717, 1.165) is 10.6 Å². The van der Waals surface area contributed by atoms with E-state index >= 15 is 0 Å². The smallest absolute Gasteiger partial charge is 0.291 e. The van der Waals surface area contributed by atoms with Crippen LogP contribution >= 0.6 is 23.4 Å². The summed E-state index contributed by atoms with van der Waals surface area (Å²) < 4.78 is 11.2. The number of benzene rings is 2. The van der Waals surface area contributed by atoms with Crippen molar-refractivity contribution in [1.29, 1.82) is 0 Å². The number of amides is 1. The lowest BCUT2D eigenvalue weighted by atomic mass is 10.3. The zero-order valence-corrected chi connectivity index (χ0v) is 15.1. The maximum absolute atomic E-state index is 12.3. The van der Waals surface area contributed by atoms with Crippen LogP contribution < -0.4 is 10.1 Å². The molecule has 0 atom stereocenters. The Morgan fingerprint density at radius 2 is 1.88 bits per heavy atom. The van der Waals surface area contributed by atoms with E-state index in [1.807, 2.05) is 30.5 Å². The Balaban J connectivity index is 1.62. The van der Waals surface area contributed by atoms with Crippen molar-refractivity contribution in [2.24, 2.45) is 0 Å². The maximum Gasteiger partial charge on any atom is 0.291 e. The molecule has 1 amide bonds. The van der Waals surface area contributed by atoms with Crippen LogP contribution in [0, 0.1) is 0 Å². The molecule has 3 rings (SSSR count). The molecule has 0 fully saturated rings. The third kappa shape index (κ3) is 4.59. The summed E-state index contributed by atoms with van der Waals surface area (Å²) in [6.07, 6.45) is 1.96. The number of rotatable bonds is 6. The van der Waals surface area contributed by atoms with E-state index < -0.39 is 0 Å². The fourth-order valence-corrected chi connectivity index (χ4v) is 2.87. The van der Waals surface area contributed by atoms with Crippen LogP contribution in [0.4, 0.5) is 5.69 Å². The lowest BCUT2D eigenvalue weighted by molar-refractivity contribution is 0.0992. The van der Waals surface area contributed by atoms with Crippen LogP contribution in [0.5, 0.6) is 5.75 Å². The molecule has 0 unspecified atom stereocenters. The maximum atomic E-state index is 12.3. The Labute approximate surface area is 155 Å². The SMILES string of the molecule is CSc1ccccc1NC(=O)c1ccc(COc2ccc(Cl)cc2)o1. The van der Waals surface area contributed by atoms with Gasteiger partial charge in [-0.1, -0.05) is 23.7 Å². The predicted octanol–water partition coefficient (Wildman–Crippen LogP) is 5.49. The molecule has 128 valence electrons. The fraction of sp³-hybridized carbons (Fsp3) is 0.105. The predicted molar refractivity (Wildman–Crippen MR) is 101 cm³/mol. The van der Waals surface area contributed by atoms with Gasteiger partial charge in [0.1, 0.15) is 18.1 Å². The van der Waals surface area contributed by atoms with Crippen molar-refractivity contribution in [2.75, 3.05) is 11.6 Å². The molecule has 25 heavy (non-hydrogen) atoms. The van der Waals surface area contributed by atoms with Gasteiger partial charge in [-0.3, -0.25) is 4.79 Å². The number of nitrogens with one attached hydrogen (secondary N) is 1. The Hall–Kier alpha value is -2.37. The molecule has 0 aliphatic rings. The Morgan fingerprint density at radius 1 is 1.12 bits per heavy atom. The first-order chi connectivity index (χ1) is 12.2. The summed E-state index contributed by atoms with van der Waals surface area (Å²) in [6.45, 7) is 0.232. The van der Waals surface area contributed by atoms with Gasteiger partial charge in [0.2, 0.25) is 0 Å². The number of hydrogen-bond acceptors (Lipinski definition) is 4. The number of carbonyl (C=O) groups excluding carboxylic acids is 1. The highest BCUT2D eigenvalue weighted by Crippen LogP contribution is 2.25. The third-order valence-corrected chi connectivity index (χ3v) is 4.48. The normalized spacial score (nSPS) is 10.5. The minimum Gasteiger partial charge on any atom is -0.486 e. The number of carbonyl (C=O) groups is 1. The lowest BCUT2D eigenvalue weighted by Gasteiger charge is -2.07. The topological polar surface area (TPSA) is 51.5 Å². The summed E-state index contributed by atoms with van der Waals surface area (Å²) in [4.78, 5) is 13.3. The first-order valence-electron chi connectivity index (χ1n) is 7.57. The van der Waals surface area contributed by atoms with Gasteiger partial charge in [0, 0.05) is 9.92 Å². The van der Waals surface area contributed by atoms with Gasteiger partial charge < -0.3 is 14.5 Å². The van der Waals surface area contributed by atoms with Crippen LogP contribution in [-0.2, 0) is 6.61 Å². The molecule has 0 aliphatic heterocycles. The molecule has 2 aromatic carbocycles. The number of para-hydroxylation sites is 1. The second-order valence-electron chi connectivity index (χ2n) is 5.16. The number of anilines is 1. The standard InChI is InChI=1S/C19H16ClNO3S/c1-25-18-5-3-2-4-16(18)21-19(22)17-11-10-15(24-17)12-23-14-8-6-13(20)7-9-14/h2-11H,12H2,1H3,(H,21,22). The van der Waals surface area contributed by atoms with Crippen molar-refractivity contribution in [3.8, 4) is 5.75 Å². The summed E-state index contributed by atoms with van der Waals surface area (Å²) in [5, 5.41) is 3.51. The number of furan rings is 1. The number of halogens is 1. The molecule has 1 N–H and O–H groups in total. The largest absolute Gasteiger partial charge is 0.486 e. The number of hydrogen-bond donors (Lipinski definition) is 1. The molecule has 6 heteroatoms. The lowest BCUT2D eigenvalue weighted by Crippen LogP contribution is -2.11. The average molecular weight is 374 g/mol. The van der Waals surface area contributed by atoms with E-state index in [9.17, 15) is 4.79 Å². The van der Waals surface area contributed by atoms with E-state index in [2.05, 4.69) is 5.32 Å². The summed E-state index contributed by atoms with van der Waals surface area (Å²) >= 11 is 7.40.